The number of anilines is 3. The van der Waals surface area contributed by atoms with E-state index in [4.69, 9.17) is 0 Å². The maximum atomic E-state index is 2.55. The Hall–Kier alpha value is -7.82. The molecule has 0 unspecified atom stereocenters. The van der Waals surface area contributed by atoms with E-state index in [2.05, 4.69) is 254 Å². The molecule has 3 heteroatoms. The number of benzene rings is 11. The highest BCUT2D eigenvalue weighted by molar-refractivity contribution is 7.99. The van der Waals surface area contributed by atoms with Crippen molar-refractivity contribution in [2.24, 2.45) is 0 Å². The van der Waals surface area contributed by atoms with E-state index in [1.807, 2.05) is 23.5 Å². The van der Waals surface area contributed by atoms with E-state index in [1.165, 1.54) is 108 Å². The van der Waals surface area contributed by atoms with Crippen LogP contribution in [-0.2, 0) is 10.8 Å². The maximum Gasteiger partial charge on any atom is 0.0736 e. The second kappa shape index (κ2) is 14.8. The lowest BCUT2D eigenvalue weighted by Crippen LogP contribution is -2.32. The molecule has 69 heavy (non-hydrogen) atoms. The minimum absolute atomic E-state index is 0.451. The molecule has 0 saturated carbocycles. The third kappa shape index (κ3) is 5.29. The fourth-order valence-corrected chi connectivity index (χ4v) is 15.1. The Balaban J connectivity index is 1.00. The van der Waals surface area contributed by atoms with Gasteiger partial charge in [-0.15, -0.1) is 0 Å². The number of fused-ring (bicyclic) bond motifs is 19. The number of hydrogen-bond donors (Lipinski definition) is 0. The van der Waals surface area contributed by atoms with Crippen LogP contribution in [0.15, 0.2) is 268 Å². The molecule has 0 fully saturated rings. The Kier molecular flexibility index (Phi) is 8.43. The lowest BCUT2D eigenvalue weighted by atomic mass is 9.67. The van der Waals surface area contributed by atoms with Gasteiger partial charge in [0.15, 0.2) is 0 Å². The number of hydrogen-bond acceptors (Lipinski definition) is 3. The van der Waals surface area contributed by atoms with E-state index in [0.29, 0.717) is 0 Å². The third-order valence-corrected chi connectivity index (χ3v) is 17.7. The Morgan fingerprint density at radius 2 is 0.725 bits per heavy atom. The Labute approximate surface area is 410 Å². The smallest absolute Gasteiger partial charge is 0.0736 e. The van der Waals surface area contributed by atoms with E-state index >= 15 is 0 Å². The summed E-state index contributed by atoms with van der Waals surface area (Å²) in [5, 5.41) is 2.50. The monoisotopic (exact) mass is 911 g/mol. The molecule has 2 spiro atoms. The number of nitrogens with zero attached hydrogens (tertiary/aromatic N) is 1. The first-order chi connectivity index (χ1) is 34.2. The maximum absolute atomic E-state index is 2.55. The van der Waals surface area contributed by atoms with Gasteiger partial charge in [-0.3, -0.25) is 0 Å². The summed E-state index contributed by atoms with van der Waals surface area (Å²) < 4.78 is 0. The van der Waals surface area contributed by atoms with Crippen LogP contribution in [-0.4, -0.2) is 0 Å². The van der Waals surface area contributed by atoms with E-state index in [-0.39, 0.29) is 0 Å². The fraction of sp³-hybridized carbons (Fsp3) is 0.0303. The van der Waals surface area contributed by atoms with Gasteiger partial charge in [0, 0.05) is 36.5 Å². The van der Waals surface area contributed by atoms with Crippen molar-refractivity contribution < 1.29 is 0 Å². The van der Waals surface area contributed by atoms with Crippen LogP contribution in [0, 0.1) is 0 Å². The van der Waals surface area contributed by atoms with Gasteiger partial charge < -0.3 is 4.90 Å². The highest BCUT2D eigenvalue weighted by atomic mass is 32.2. The molecular weight excluding hydrogens is 871 g/mol. The van der Waals surface area contributed by atoms with Crippen LogP contribution in [0.25, 0.3) is 44.2 Å². The average Bonchev–Trinajstić information content (AvgIpc) is 3.87. The predicted molar refractivity (Wildman–Crippen MR) is 287 cm³/mol. The van der Waals surface area contributed by atoms with Gasteiger partial charge in [-0.1, -0.05) is 218 Å². The molecule has 322 valence electrons. The first-order valence-corrected chi connectivity index (χ1v) is 25.5. The standard InChI is InChI=1S/C66H41NS2/c1-2-19-46-42(17-1)18-15-22-47(46)43-35-37-44(38-36-43)67(45-39-40-53-50(41-45)48-20-3-5-23-51(48)65(53)54-25-7-11-31-60(54)68-61-32-12-8-26-55(61)65)59-30-16-29-58-64(59)49-21-4-6-24-52(49)66(58)56-27-9-13-33-62(56)69-63-34-14-10-28-57(63)66/h1-41H. The normalized spacial score (nSPS) is 14.5. The molecule has 2 heterocycles. The summed E-state index contributed by atoms with van der Waals surface area (Å²) in [7, 11) is 0. The van der Waals surface area contributed by atoms with Crippen LogP contribution in [0.2, 0.25) is 0 Å². The largest absolute Gasteiger partial charge is 0.310 e. The van der Waals surface area contributed by atoms with E-state index < -0.39 is 10.8 Å². The van der Waals surface area contributed by atoms with Crippen molar-refractivity contribution in [3.63, 3.8) is 0 Å². The third-order valence-electron chi connectivity index (χ3n) is 15.4. The van der Waals surface area contributed by atoms with Crippen LogP contribution in [0.5, 0.6) is 0 Å². The van der Waals surface area contributed by atoms with Gasteiger partial charge in [-0.05, 0) is 138 Å². The summed E-state index contributed by atoms with van der Waals surface area (Å²) in [6.07, 6.45) is 0. The molecule has 2 aliphatic carbocycles. The molecule has 0 bridgehead atoms. The van der Waals surface area contributed by atoms with Crippen molar-refractivity contribution in [2.75, 3.05) is 4.90 Å². The molecule has 15 rings (SSSR count). The van der Waals surface area contributed by atoms with Crippen LogP contribution >= 0.6 is 23.5 Å². The summed E-state index contributed by atoms with van der Waals surface area (Å²) in [4.78, 5) is 7.78. The topological polar surface area (TPSA) is 3.24 Å². The lowest BCUT2D eigenvalue weighted by Gasteiger charge is -2.40. The summed E-state index contributed by atoms with van der Waals surface area (Å²) >= 11 is 3.78. The van der Waals surface area contributed by atoms with Crippen molar-refractivity contribution in [1.82, 2.24) is 0 Å². The summed E-state index contributed by atoms with van der Waals surface area (Å²) in [6.45, 7) is 0. The zero-order valence-electron chi connectivity index (χ0n) is 37.4. The molecule has 0 atom stereocenters. The van der Waals surface area contributed by atoms with Gasteiger partial charge in [0.25, 0.3) is 0 Å². The molecule has 2 aliphatic heterocycles. The first-order valence-electron chi connectivity index (χ1n) is 23.8. The molecule has 0 aromatic heterocycles. The van der Waals surface area contributed by atoms with Crippen molar-refractivity contribution in [3.05, 3.63) is 293 Å². The highest BCUT2D eigenvalue weighted by Gasteiger charge is 2.52. The Morgan fingerprint density at radius 3 is 1.36 bits per heavy atom. The summed E-state index contributed by atoms with van der Waals surface area (Å²) in [6, 6.07) is 93.8. The SMILES string of the molecule is c1ccc2c(c1)Sc1ccccc1C21c2ccccc2-c2cc(N(c3ccc(-c4cccc5ccccc45)cc3)c3cccc4c3-c3ccccc3C43c4ccccc4Sc4ccccc43)ccc21. The molecule has 4 aliphatic rings. The lowest BCUT2D eigenvalue weighted by molar-refractivity contribution is 0.722. The zero-order valence-corrected chi connectivity index (χ0v) is 39.1. The molecule has 11 aromatic rings. The van der Waals surface area contributed by atoms with Gasteiger partial charge in [-0.2, -0.15) is 0 Å². The zero-order chi connectivity index (χ0) is 45.3. The minimum Gasteiger partial charge on any atom is -0.310 e. The minimum atomic E-state index is -0.493. The second-order valence-corrected chi connectivity index (χ2v) is 20.8. The van der Waals surface area contributed by atoms with Gasteiger partial charge in [-0.25, -0.2) is 0 Å². The van der Waals surface area contributed by atoms with E-state index in [0.717, 1.165) is 17.1 Å². The first kappa shape index (κ1) is 39.2. The van der Waals surface area contributed by atoms with Gasteiger partial charge in [0.2, 0.25) is 0 Å². The predicted octanol–water partition coefficient (Wildman–Crippen LogP) is 17.6. The molecule has 0 amide bonds. The van der Waals surface area contributed by atoms with Crippen LogP contribution in [0.4, 0.5) is 17.1 Å². The van der Waals surface area contributed by atoms with Crippen LogP contribution in [0.3, 0.4) is 0 Å². The van der Waals surface area contributed by atoms with Gasteiger partial charge in [0.05, 0.1) is 16.5 Å². The Bertz CT molecular complexity index is 3840. The van der Waals surface area contributed by atoms with Gasteiger partial charge >= 0.3 is 0 Å². The van der Waals surface area contributed by atoms with Crippen molar-refractivity contribution in [1.29, 1.82) is 0 Å². The molecule has 0 N–H and O–H groups in total. The molecular formula is C66H41NS2. The van der Waals surface area contributed by atoms with Crippen molar-refractivity contribution >= 4 is 51.4 Å². The highest BCUT2D eigenvalue weighted by Crippen LogP contribution is 2.66. The molecule has 0 radical (unpaired) electrons. The molecule has 1 nitrogen and oxygen atoms in total. The van der Waals surface area contributed by atoms with Crippen LogP contribution < -0.4 is 4.90 Å². The molecule has 11 aromatic carbocycles. The van der Waals surface area contributed by atoms with Crippen molar-refractivity contribution in [3.8, 4) is 33.4 Å². The second-order valence-electron chi connectivity index (χ2n) is 18.6. The van der Waals surface area contributed by atoms with E-state index in [1.54, 1.807) is 0 Å². The Morgan fingerprint density at radius 1 is 0.290 bits per heavy atom. The quantitative estimate of drug-likeness (QED) is 0.173. The molecule has 0 saturated heterocycles. The van der Waals surface area contributed by atoms with Crippen LogP contribution in [0.1, 0.15) is 44.5 Å². The van der Waals surface area contributed by atoms with E-state index in [9.17, 15) is 0 Å². The fourth-order valence-electron chi connectivity index (χ4n) is 12.8. The number of rotatable bonds is 4. The van der Waals surface area contributed by atoms with Gasteiger partial charge in [0.1, 0.15) is 0 Å². The van der Waals surface area contributed by atoms with Crippen molar-refractivity contribution in [2.45, 2.75) is 30.4 Å². The summed E-state index contributed by atoms with van der Waals surface area (Å²) in [5.74, 6) is 0. The summed E-state index contributed by atoms with van der Waals surface area (Å²) in [5.41, 5.74) is 20.7. The average molecular weight is 912 g/mol.